The van der Waals surface area contributed by atoms with Crippen molar-refractivity contribution in [3.8, 4) is 0 Å². The van der Waals surface area contributed by atoms with Crippen LogP contribution in [0.4, 0.5) is 8.78 Å². The first kappa shape index (κ1) is 11.6. The van der Waals surface area contributed by atoms with Crippen molar-refractivity contribution in [2.24, 2.45) is 0 Å². The molecule has 1 aromatic carbocycles. The molecule has 1 aromatic heterocycles. The fraction of sp³-hybridized carbons (Fsp3) is 0.300. The Labute approximate surface area is 96.2 Å². The number of alkyl halides is 2. The maximum absolute atomic E-state index is 12.3. The molecule has 90 valence electrons. The molecule has 0 spiro atoms. The van der Waals surface area contributed by atoms with Gasteiger partial charge < -0.3 is 5.32 Å². The minimum absolute atomic E-state index is 0.0342. The van der Waals surface area contributed by atoms with Gasteiger partial charge in [-0.2, -0.15) is 5.21 Å². The van der Waals surface area contributed by atoms with E-state index in [9.17, 15) is 8.78 Å². The summed E-state index contributed by atoms with van der Waals surface area (Å²) in [6, 6.07) is 6.20. The van der Waals surface area contributed by atoms with Gasteiger partial charge in [0.1, 0.15) is 0 Å². The zero-order valence-electron chi connectivity index (χ0n) is 8.90. The van der Waals surface area contributed by atoms with Gasteiger partial charge in [0.15, 0.2) is 5.82 Å². The van der Waals surface area contributed by atoms with Crippen molar-refractivity contribution in [3.05, 3.63) is 41.2 Å². The van der Waals surface area contributed by atoms with E-state index in [1.54, 1.807) is 12.1 Å². The van der Waals surface area contributed by atoms with Crippen molar-refractivity contribution >= 4 is 0 Å². The predicted octanol–water partition coefficient (Wildman–Crippen LogP) is 1.43. The van der Waals surface area contributed by atoms with E-state index < -0.39 is 6.43 Å². The molecule has 0 fully saturated rings. The van der Waals surface area contributed by atoms with Gasteiger partial charge >= 0.3 is 0 Å². The van der Waals surface area contributed by atoms with Crippen molar-refractivity contribution < 1.29 is 8.78 Å². The van der Waals surface area contributed by atoms with E-state index in [0.717, 1.165) is 5.56 Å². The minimum Gasteiger partial charge on any atom is -0.306 e. The molecule has 0 aliphatic heterocycles. The minimum atomic E-state index is -2.42. The molecule has 0 saturated carbocycles. The molecule has 2 rings (SSSR count). The van der Waals surface area contributed by atoms with Crippen molar-refractivity contribution in [2.45, 2.75) is 19.5 Å². The van der Waals surface area contributed by atoms with Crippen LogP contribution in [0.25, 0.3) is 0 Å². The van der Waals surface area contributed by atoms with E-state index in [1.807, 2.05) is 0 Å². The van der Waals surface area contributed by atoms with Crippen LogP contribution in [-0.2, 0) is 13.1 Å². The molecule has 0 saturated heterocycles. The Morgan fingerprint density at radius 1 is 1.18 bits per heavy atom. The number of aromatic amines is 1. The van der Waals surface area contributed by atoms with Crippen molar-refractivity contribution in [1.29, 1.82) is 0 Å². The van der Waals surface area contributed by atoms with Crippen LogP contribution in [0.1, 0.15) is 23.4 Å². The third kappa shape index (κ3) is 3.28. The second-order valence-corrected chi connectivity index (χ2v) is 3.47. The standard InChI is InChI=1S/C10H11F2N5/c11-10(12)8-3-1-7(2-4-8)5-13-6-9-14-16-17-15-9/h1-4,10,13H,5-6H2,(H,14,15,16,17). The SMILES string of the molecule is FC(F)c1ccc(CNCc2nn[nH]n2)cc1. The van der Waals surface area contributed by atoms with Gasteiger partial charge in [0.2, 0.25) is 0 Å². The first-order valence-electron chi connectivity index (χ1n) is 5.06. The van der Waals surface area contributed by atoms with Crippen LogP contribution in [0.2, 0.25) is 0 Å². The van der Waals surface area contributed by atoms with Crippen LogP contribution in [0.15, 0.2) is 24.3 Å². The molecule has 2 N–H and O–H groups in total. The number of benzene rings is 1. The molecule has 7 heteroatoms. The van der Waals surface area contributed by atoms with Gasteiger partial charge in [0, 0.05) is 12.1 Å². The molecule has 0 amide bonds. The average Bonchev–Trinajstić information content (AvgIpc) is 2.83. The summed E-state index contributed by atoms with van der Waals surface area (Å²) in [6.07, 6.45) is -2.42. The van der Waals surface area contributed by atoms with Gasteiger partial charge in [0.05, 0.1) is 6.54 Å². The summed E-state index contributed by atoms with van der Waals surface area (Å²) < 4.78 is 24.6. The number of tetrazole rings is 1. The molecule has 2 aromatic rings. The Hall–Kier alpha value is -1.89. The lowest BCUT2D eigenvalue weighted by molar-refractivity contribution is 0.151. The van der Waals surface area contributed by atoms with Crippen molar-refractivity contribution in [2.75, 3.05) is 0 Å². The fourth-order valence-electron chi connectivity index (χ4n) is 1.36. The van der Waals surface area contributed by atoms with Crippen LogP contribution >= 0.6 is 0 Å². The topological polar surface area (TPSA) is 66.5 Å². The molecular weight excluding hydrogens is 228 g/mol. The highest BCUT2D eigenvalue weighted by atomic mass is 19.3. The van der Waals surface area contributed by atoms with Gasteiger partial charge in [-0.15, -0.1) is 10.2 Å². The monoisotopic (exact) mass is 239 g/mol. The highest BCUT2D eigenvalue weighted by Crippen LogP contribution is 2.18. The van der Waals surface area contributed by atoms with Crippen LogP contribution in [-0.4, -0.2) is 20.6 Å². The highest BCUT2D eigenvalue weighted by Gasteiger charge is 2.05. The summed E-state index contributed by atoms with van der Waals surface area (Å²) in [5.41, 5.74) is 0.963. The van der Waals surface area contributed by atoms with Gasteiger partial charge in [-0.25, -0.2) is 8.78 Å². The molecular formula is C10H11F2N5. The lowest BCUT2D eigenvalue weighted by Crippen LogP contribution is -2.13. The lowest BCUT2D eigenvalue weighted by Gasteiger charge is -2.04. The van der Waals surface area contributed by atoms with E-state index in [1.165, 1.54) is 12.1 Å². The van der Waals surface area contributed by atoms with E-state index in [4.69, 9.17) is 0 Å². The average molecular weight is 239 g/mol. The first-order chi connectivity index (χ1) is 8.25. The number of aromatic nitrogens is 4. The largest absolute Gasteiger partial charge is 0.306 e. The number of halogens is 2. The Morgan fingerprint density at radius 3 is 2.53 bits per heavy atom. The van der Waals surface area contributed by atoms with Gasteiger partial charge in [0.25, 0.3) is 6.43 Å². The molecule has 17 heavy (non-hydrogen) atoms. The Morgan fingerprint density at radius 2 is 1.94 bits per heavy atom. The zero-order chi connectivity index (χ0) is 12.1. The molecule has 0 bridgehead atoms. The van der Waals surface area contributed by atoms with E-state index in [0.29, 0.717) is 18.9 Å². The van der Waals surface area contributed by atoms with E-state index in [2.05, 4.69) is 25.9 Å². The quantitative estimate of drug-likeness (QED) is 0.828. The number of nitrogens with one attached hydrogen (secondary N) is 2. The van der Waals surface area contributed by atoms with Crippen molar-refractivity contribution in [1.82, 2.24) is 25.9 Å². The molecule has 0 aliphatic carbocycles. The summed E-state index contributed by atoms with van der Waals surface area (Å²) in [5, 5.41) is 16.4. The molecule has 5 nitrogen and oxygen atoms in total. The Balaban J connectivity index is 1.83. The number of rotatable bonds is 5. The maximum Gasteiger partial charge on any atom is 0.263 e. The first-order valence-corrected chi connectivity index (χ1v) is 5.06. The maximum atomic E-state index is 12.3. The summed E-state index contributed by atoms with van der Waals surface area (Å²) in [7, 11) is 0. The van der Waals surface area contributed by atoms with Crippen molar-refractivity contribution in [3.63, 3.8) is 0 Å². The number of hydrogen-bond acceptors (Lipinski definition) is 4. The molecule has 0 radical (unpaired) electrons. The lowest BCUT2D eigenvalue weighted by atomic mass is 10.1. The van der Waals surface area contributed by atoms with Crippen LogP contribution in [0.5, 0.6) is 0 Å². The summed E-state index contributed by atoms with van der Waals surface area (Å²) in [4.78, 5) is 0. The van der Waals surface area contributed by atoms with Crippen LogP contribution in [0, 0.1) is 0 Å². The van der Waals surface area contributed by atoms with Gasteiger partial charge in [-0.3, -0.25) is 0 Å². The zero-order valence-corrected chi connectivity index (χ0v) is 8.90. The van der Waals surface area contributed by atoms with Crippen LogP contribution in [0.3, 0.4) is 0 Å². The number of hydrogen-bond donors (Lipinski definition) is 2. The molecule has 1 heterocycles. The Kier molecular flexibility index (Phi) is 3.71. The fourth-order valence-corrected chi connectivity index (χ4v) is 1.36. The summed E-state index contributed by atoms with van der Waals surface area (Å²) in [6.45, 7) is 1.05. The number of nitrogens with zero attached hydrogens (tertiary/aromatic N) is 3. The summed E-state index contributed by atoms with van der Waals surface area (Å²) >= 11 is 0. The second kappa shape index (κ2) is 5.44. The van der Waals surface area contributed by atoms with Crippen LogP contribution < -0.4 is 5.32 Å². The number of H-pyrrole nitrogens is 1. The normalized spacial score (nSPS) is 11.0. The second-order valence-electron chi connectivity index (χ2n) is 3.47. The predicted molar refractivity (Wildman–Crippen MR) is 56.1 cm³/mol. The van der Waals surface area contributed by atoms with E-state index >= 15 is 0 Å². The van der Waals surface area contributed by atoms with E-state index in [-0.39, 0.29) is 5.56 Å². The molecule has 0 atom stereocenters. The third-order valence-electron chi connectivity index (χ3n) is 2.23. The Bertz CT molecular complexity index is 440. The molecule has 0 aliphatic rings. The highest BCUT2D eigenvalue weighted by molar-refractivity contribution is 5.23. The summed E-state index contributed by atoms with van der Waals surface area (Å²) in [5.74, 6) is 0.564. The van der Waals surface area contributed by atoms with Gasteiger partial charge in [-0.1, -0.05) is 29.5 Å². The third-order valence-corrected chi connectivity index (χ3v) is 2.23. The smallest absolute Gasteiger partial charge is 0.263 e. The van der Waals surface area contributed by atoms with Gasteiger partial charge in [-0.05, 0) is 5.56 Å². The molecule has 0 unspecified atom stereocenters.